The fraction of sp³-hybridized carbons (Fsp3) is 0.200. The summed E-state index contributed by atoms with van der Waals surface area (Å²) in [5, 5.41) is 12.3. The zero-order chi connectivity index (χ0) is 14.4. The molecule has 0 saturated heterocycles. The minimum atomic E-state index is 0.547. The molecule has 2 aromatic rings. The fourth-order valence-electron chi connectivity index (χ4n) is 1.80. The summed E-state index contributed by atoms with van der Waals surface area (Å²) in [5.74, 6) is 1.22. The van der Waals surface area contributed by atoms with Crippen LogP contribution >= 0.6 is 0 Å². The molecule has 5 nitrogen and oxygen atoms in total. The fourth-order valence-corrected chi connectivity index (χ4v) is 1.80. The lowest BCUT2D eigenvalue weighted by Gasteiger charge is -2.12. The van der Waals surface area contributed by atoms with Crippen LogP contribution in [0.3, 0.4) is 0 Å². The van der Waals surface area contributed by atoms with E-state index in [0.717, 1.165) is 5.56 Å². The molecule has 0 amide bonds. The van der Waals surface area contributed by atoms with Crippen LogP contribution in [0.25, 0.3) is 0 Å². The van der Waals surface area contributed by atoms with Gasteiger partial charge in [0.2, 0.25) is 5.88 Å². The van der Waals surface area contributed by atoms with Crippen molar-refractivity contribution in [1.29, 1.82) is 5.26 Å². The van der Waals surface area contributed by atoms with Crippen molar-refractivity contribution in [1.82, 2.24) is 4.98 Å². The van der Waals surface area contributed by atoms with Crippen molar-refractivity contribution in [2.45, 2.75) is 6.54 Å². The van der Waals surface area contributed by atoms with Crippen LogP contribution in [0.2, 0.25) is 0 Å². The zero-order valence-corrected chi connectivity index (χ0v) is 11.4. The Morgan fingerprint density at radius 1 is 1.20 bits per heavy atom. The molecule has 0 spiro atoms. The molecule has 102 valence electrons. The molecule has 0 unspecified atom stereocenters. The third-order valence-corrected chi connectivity index (χ3v) is 2.84. The van der Waals surface area contributed by atoms with E-state index in [1.54, 1.807) is 38.6 Å². The lowest BCUT2D eigenvalue weighted by molar-refractivity contribution is 0.397. The molecule has 0 aliphatic heterocycles. The van der Waals surface area contributed by atoms with Crippen LogP contribution in [0.1, 0.15) is 11.1 Å². The van der Waals surface area contributed by atoms with Gasteiger partial charge in [0.1, 0.15) is 11.8 Å². The van der Waals surface area contributed by atoms with Crippen LogP contribution in [0, 0.1) is 11.3 Å². The number of methoxy groups -OCH3 is 2. The summed E-state index contributed by atoms with van der Waals surface area (Å²) in [4.78, 5) is 4.14. The molecule has 0 aliphatic rings. The normalized spacial score (nSPS) is 9.65. The highest BCUT2D eigenvalue weighted by Crippen LogP contribution is 2.28. The number of anilines is 1. The van der Waals surface area contributed by atoms with E-state index >= 15 is 0 Å². The molecule has 0 aliphatic carbocycles. The van der Waals surface area contributed by atoms with Gasteiger partial charge in [0, 0.05) is 18.8 Å². The third-order valence-electron chi connectivity index (χ3n) is 2.84. The first-order valence-electron chi connectivity index (χ1n) is 6.08. The third kappa shape index (κ3) is 2.98. The second-order valence-corrected chi connectivity index (χ2v) is 4.06. The Kier molecular flexibility index (Phi) is 4.40. The number of aromatic nitrogens is 1. The summed E-state index contributed by atoms with van der Waals surface area (Å²) in [6.07, 6.45) is 1.73. The van der Waals surface area contributed by atoms with Crippen LogP contribution in [0.4, 0.5) is 5.69 Å². The van der Waals surface area contributed by atoms with Crippen molar-refractivity contribution < 1.29 is 9.47 Å². The molecule has 1 heterocycles. The van der Waals surface area contributed by atoms with E-state index in [-0.39, 0.29) is 0 Å². The number of para-hydroxylation sites is 1. The molecule has 1 N–H and O–H groups in total. The molecule has 0 saturated carbocycles. The second-order valence-electron chi connectivity index (χ2n) is 4.06. The molecule has 1 aromatic heterocycles. The first-order valence-corrected chi connectivity index (χ1v) is 6.08. The maximum absolute atomic E-state index is 9.13. The predicted molar refractivity (Wildman–Crippen MR) is 75.8 cm³/mol. The van der Waals surface area contributed by atoms with E-state index in [9.17, 15) is 0 Å². The molecule has 0 atom stereocenters. The van der Waals surface area contributed by atoms with Crippen LogP contribution in [-0.2, 0) is 6.54 Å². The van der Waals surface area contributed by atoms with Gasteiger partial charge in [-0.2, -0.15) is 5.26 Å². The Bertz CT molecular complexity index is 618. The number of pyridine rings is 1. The summed E-state index contributed by atoms with van der Waals surface area (Å²) < 4.78 is 10.3. The number of benzene rings is 1. The second kappa shape index (κ2) is 6.43. The summed E-state index contributed by atoms with van der Waals surface area (Å²) in [6.45, 7) is 0.548. The Labute approximate surface area is 117 Å². The van der Waals surface area contributed by atoms with Gasteiger partial charge in [-0.05, 0) is 17.7 Å². The maximum atomic E-state index is 9.13. The van der Waals surface area contributed by atoms with Crippen LogP contribution in [-0.4, -0.2) is 19.2 Å². The number of nitrogens with one attached hydrogen (secondary N) is 1. The van der Waals surface area contributed by atoms with E-state index in [4.69, 9.17) is 14.7 Å². The molecule has 20 heavy (non-hydrogen) atoms. The topological polar surface area (TPSA) is 67.2 Å². The Hall–Kier alpha value is -2.74. The lowest BCUT2D eigenvalue weighted by atomic mass is 10.1. The monoisotopic (exact) mass is 269 g/mol. The molecular weight excluding hydrogens is 254 g/mol. The van der Waals surface area contributed by atoms with Gasteiger partial charge in [0.15, 0.2) is 0 Å². The van der Waals surface area contributed by atoms with Crippen molar-refractivity contribution >= 4 is 5.69 Å². The molecular formula is C15H15N3O2. The number of nitrogens with zero attached hydrogens (tertiary/aromatic N) is 2. The van der Waals surface area contributed by atoms with E-state index in [2.05, 4.69) is 16.4 Å². The minimum Gasteiger partial charge on any atom is -0.495 e. The van der Waals surface area contributed by atoms with Gasteiger partial charge in [-0.3, -0.25) is 0 Å². The van der Waals surface area contributed by atoms with E-state index < -0.39 is 0 Å². The van der Waals surface area contributed by atoms with Gasteiger partial charge in [0.05, 0.1) is 25.5 Å². The van der Waals surface area contributed by atoms with E-state index in [1.165, 1.54) is 0 Å². The highest BCUT2D eigenvalue weighted by molar-refractivity contribution is 5.66. The number of hydrogen-bond acceptors (Lipinski definition) is 5. The van der Waals surface area contributed by atoms with Crippen LogP contribution < -0.4 is 14.8 Å². The number of ether oxygens (including phenoxy) is 2. The average molecular weight is 269 g/mol. The first-order chi connectivity index (χ1) is 9.78. The number of rotatable bonds is 5. The molecule has 0 bridgehead atoms. The standard InChI is InChI=1S/C15H15N3O2/c1-19-13-5-3-4-12(8-16)15(13)18-10-11-6-7-14(20-2)17-9-11/h3-7,9,18H,10H2,1-2H3. The summed E-state index contributed by atoms with van der Waals surface area (Å²) in [7, 11) is 3.16. The first kappa shape index (κ1) is 13.7. The largest absolute Gasteiger partial charge is 0.495 e. The van der Waals surface area contributed by atoms with Crippen molar-refractivity contribution in [3.63, 3.8) is 0 Å². The molecule has 2 rings (SSSR count). The Morgan fingerprint density at radius 3 is 2.65 bits per heavy atom. The molecule has 0 fully saturated rings. The average Bonchev–Trinajstić information content (AvgIpc) is 2.52. The smallest absolute Gasteiger partial charge is 0.212 e. The van der Waals surface area contributed by atoms with Gasteiger partial charge >= 0.3 is 0 Å². The van der Waals surface area contributed by atoms with Crippen LogP contribution in [0.15, 0.2) is 36.5 Å². The summed E-state index contributed by atoms with van der Waals surface area (Å²) >= 11 is 0. The van der Waals surface area contributed by atoms with Gasteiger partial charge in [-0.25, -0.2) is 4.98 Å². The zero-order valence-electron chi connectivity index (χ0n) is 11.4. The quantitative estimate of drug-likeness (QED) is 0.903. The van der Waals surface area contributed by atoms with E-state index in [0.29, 0.717) is 29.4 Å². The Morgan fingerprint density at radius 2 is 2.05 bits per heavy atom. The van der Waals surface area contributed by atoms with Crippen molar-refractivity contribution in [2.24, 2.45) is 0 Å². The molecule has 0 radical (unpaired) electrons. The van der Waals surface area contributed by atoms with Crippen molar-refractivity contribution in [3.8, 4) is 17.7 Å². The summed E-state index contributed by atoms with van der Waals surface area (Å²) in [6, 6.07) is 11.2. The van der Waals surface area contributed by atoms with E-state index in [1.807, 2.05) is 12.1 Å². The number of hydrogen-bond donors (Lipinski definition) is 1. The SMILES string of the molecule is COc1ccc(CNc2c(C#N)cccc2OC)cn1. The Balaban J connectivity index is 2.15. The highest BCUT2D eigenvalue weighted by Gasteiger charge is 2.08. The molecule has 1 aromatic carbocycles. The van der Waals surface area contributed by atoms with Crippen LogP contribution in [0.5, 0.6) is 11.6 Å². The predicted octanol–water partition coefficient (Wildman–Crippen LogP) is 2.58. The van der Waals surface area contributed by atoms with Crippen molar-refractivity contribution in [2.75, 3.05) is 19.5 Å². The highest BCUT2D eigenvalue weighted by atomic mass is 16.5. The van der Waals surface area contributed by atoms with Gasteiger partial charge in [-0.15, -0.1) is 0 Å². The van der Waals surface area contributed by atoms with Gasteiger partial charge < -0.3 is 14.8 Å². The minimum absolute atomic E-state index is 0.547. The van der Waals surface area contributed by atoms with Gasteiger partial charge in [0.25, 0.3) is 0 Å². The number of nitriles is 1. The van der Waals surface area contributed by atoms with Gasteiger partial charge in [-0.1, -0.05) is 12.1 Å². The maximum Gasteiger partial charge on any atom is 0.212 e. The lowest BCUT2D eigenvalue weighted by Crippen LogP contribution is -2.04. The summed E-state index contributed by atoms with van der Waals surface area (Å²) in [5.41, 5.74) is 2.22. The van der Waals surface area contributed by atoms with Crippen molar-refractivity contribution in [3.05, 3.63) is 47.7 Å². The molecule has 5 heteroatoms.